The fourth-order valence-corrected chi connectivity index (χ4v) is 4.25. The lowest BCUT2D eigenvalue weighted by Crippen LogP contribution is -2.36. The van der Waals surface area contributed by atoms with Gasteiger partial charge in [-0.05, 0) is 77.8 Å². The third-order valence-corrected chi connectivity index (χ3v) is 6.16. The van der Waals surface area contributed by atoms with Crippen molar-refractivity contribution in [1.82, 2.24) is 4.90 Å². The summed E-state index contributed by atoms with van der Waals surface area (Å²) in [6.07, 6.45) is 1.74. The minimum absolute atomic E-state index is 0.0819. The number of ketones is 1. The Morgan fingerprint density at radius 1 is 1.00 bits per heavy atom. The van der Waals surface area contributed by atoms with Gasteiger partial charge in [-0.15, -0.1) is 0 Å². The van der Waals surface area contributed by atoms with E-state index in [4.69, 9.17) is 14.2 Å². The average molecular weight is 448 g/mol. The van der Waals surface area contributed by atoms with Crippen molar-refractivity contribution in [1.29, 1.82) is 0 Å². The monoisotopic (exact) mass is 447 g/mol. The van der Waals surface area contributed by atoms with Gasteiger partial charge in [-0.3, -0.25) is 9.69 Å². The van der Waals surface area contributed by atoms with E-state index in [2.05, 4.69) is 26.9 Å². The molecule has 0 N–H and O–H groups in total. The number of rotatable bonds is 7. The van der Waals surface area contributed by atoms with Gasteiger partial charge in [0, 0.05) is 18.0 Å². The van der Waals surface area contributed by atoms with Gasteiger partial charge in [0.15, 0.2) is 17.3 Å². The second-order valence-corrected chi connectivity index (χ2v) is 7.71. The molecule has 1 saturated heterocycles. The molecule has 0 amide bonds. The van der Waals surface area contributed by atoms with Crippen molar-refractivity contribution in [3.05, 3.63) is 52.0 Å². The summed E-state index contributed by atoms with van der Waals surface area (Å²) in [4.78, 5) is 15.2. The van der Waals surface area contributed by atoms with Crippen molar-refractivity contribution in [2.24, 2.45) is 5.92 Å². The van der Waals surface area contributed by atoms with Gasteiger partial charge in [-0.25, -0.2) is 0 Å². The van der Waals surface area contributed by atoms with Crippen LogP contribution in [0.1, 0.15) is 28.8 Å². The largest absolute Gasteiger partial charge is 0.497 e. The molecule has 3 rings (SSSR count). The number of carbonyl (C=O) groups is 1. The lowest BCUT2D eigenvalue weighted by atomic mass is 9.88. The molecule has 0 spiro atoms. The van der Waals surface area contributed by atoms with E-state index >= 15 is 0 Å². The maximum absolute atomic E-state index is 12.8. The Labute approximate surface area is 174 Å². The first-order valence-corrected chi connectivity index (χ1v) is 10.2. The zero-order chi connectivity index (χ0) is 20.1. The molecule has 0 unspecified atom stereocenters. The van der Waals surface area contributed by atoms with E-state index in [0.717, 1.165) is 53.8 Å². The summed E-state index contributed by atoms with van der Waals surface area (Å²) in [7, 11) is 4.90. The van der Waals surface area contributed by atoms with Crippen LogP contribution in [-0.2, 0) is 6.54 Å². The van der Waals surface area contributed by atoms with Crippen LogP contribution in [0.2, 0.25) is 0 Å². The van der Waals surface area contributed by atoms with Crippen LogP contribution >= 0.6 is 15.9 Å². The van der Waals surface area contributed by atoms with Crippen molar-refractivity contribution in [2.45, 2.75) is 19.4 Å². The zero-order valence-corrected chi connectivity index (χ0v) is 18.1. The van der Waals surface area contributed by atoms with Crippen molar-refractivity contribution < 1.29 is 19.0 Å². The molecule has 0 aromatic heterocycles. The number of methoxy groups -OCH3 is 3. The number of benzene rings is 2. The van der Waals surface area contributed by atoms with Crippen molar-refractivity contribution in [3.8, 4) is 17.2 Å². The van der Waals surface area contributed by atoms with Crippen molar-refractivity contribution >= 4 is 21.7 Å². The van der Waals surface area contributed by atoms with Gasteiger partial charge in [0.05, 0.1) is 25.8 Å². The molecule has 1 fully saturated rings. The smallest absolute Gasteiger partial charge is 0.175 e. The lowest BCUT2D eigenvalue weighted by molar-refractivity contribution is 0.0834. The Hall–Kier alpha value is -2.05. The zero-order valence-electron chi connectivity index (χ0n) is 16.5. The van der Waals surface area contributed by atoms with Gasteiger partial charge < -0.3 is 14.2 Å². The molecule has 0 bridgehead atoms. The van der Waals surface area contributed by atoms with E-state index < -0.39 is 0 Å². The maximum Gasteiger partial charge on any atom is 0.175 e. The molecule has 0 atom stereocenters. The summed E-state index contributed by atoms with van der Waals surface area (Å²) in [6, 6.07) is 11.4. The number of hydrogen-bond donors (Lipinski definition) is 0. The normalized spacial score (nSPS) is 15.3. The Kier molecular flexibility index (Phi) is 6.97. The van der Waals surface area contributed by atoms with Gasteiger partial charge >= 0.3 is 0 Å². The minimum Gasteiger partial charge on any atom is -0.497 e. The molecule has 1 aliphatic rings. The SMILES string of the molecule is COc1ccc(C(=O)C2CCN(Cc3ccc(OC)c(OC)c3Br)CC2)cc1. The number of hydrogen-bond acceptors (Lipinski definition) is 5. The van der Waals surface area contributed by atoms with Crippen LogP contribution in [0.25, 0.3) is 0 Å². The van der Waals surface area contributed by atoms with Crippen molar-refractivity contribution in [2.75, 3.05) is 34.4 Å². The standard InChI is InChI=1S/C22H26BrNO4/c1-26-18-7-4-15(5-8-18)21(25)16-10-12-24(13-11-16)14-17-6-9-19(27-2)22(28-3)20(17)23/h4-9,16H,10-14H2,1-3H3. The molecule has 6 heteroatoms. The van der Waals surface area contributed by atoms with Crippen LogP contribution < -0.4 is 14.2 Å². The number of likely N-dealkylation sites (tertiary alicyclic amines) is 1. The lowest BCUT2D eigenvalue weighted by Gasteiger charge is -2.31. The summed E-state index contributed by atoms with van der Waals surface area (Å²) < 4.78 is 16.9. The molecule has 28 heavy (non-hydrogen) atoms. The molecule has 150 valence electrons. The molecule has 2 aromatic carbocycles. The highest BCUT2D eigenvalue weighted by Gasteiger charge is 2.26. The van der Waals surface area contributed by atoms with Gasteiger partial charge in [-0.2, -0.15) is 0 Å². The summed E-state index contributed by atoms with van der Waals surface area (Å²) in [6.45, 7) is 2.60. The molecular formula is C22H26BrNO4. The summed E-state index contributed by atoms with van der Waals surface area (Å²) in [5.74, 6) is 2.51. The molecule has 0 aliphatic carbocycles. The van der Waals surface area contributed by atoms with Crippen molar-refractivity contribution in [3.63, 3.8) is 0 Å². The van der Waals surface area contributed by atoms with E-state index in [1.807, 2.05) is 30.3 Å². The molecule has 5 nitrogen and oxygen atoms in total. The average Bonchev–Trinajstić information content (AvgIpc) is 2.75. The van der Waals surface area contributed by atoms with Crippen LogP contribution in [0, 0.1) is 5.92 Å². The summed E-state index contributed by atoms with van der Waals surface area (Å²) >= 11 is 3.64. The van der Waals surface area contributed by atoms with Crippen LogP contribution in [0.5, 0.6) is 17.2 Å². The third kappa shape index (κ3) is 4.50. The van der Waals surface area contributed by atoms with Crippen LogP contribution in [0.15, 0.2) is 40.9 Å². The van der Waals surface area contributed by atoms with Gasteiger partial charge in [0.25, 0.3) is 0 Å². The van der Waals surface area contributed by atoms with E-state index in [1.54, 1.807) is 21.3 Å². The van der Waals surface area contributed by atoms with Gasteiger partial charge in [-0.1, -0.05) is 6.07 Å². The summed E-state index contributed by atoms with van der Waals surface area (Å²) in [5, 5.41) is 0. The highest BCUT2D eigenvalue weighted by Crippen LogP contribution is 2.38. The Bertz CT molecular complexity index is 814. The number of halogens is 1. The predicted octanol–water partition coefficient (Wildman–Crippen LogP) is 4.57. The predicted molar refractivity (Wildman–Crippen MR) is 113 cm³/mol. The molecule has 1 aliphatic heterocycles. The summed E-state index contributed by atoms with van der Waals surface area (Å²) in [5.41, 5.74) is 1.92. The van der Waals surface area contributed by atoms with Gasteiger partial charge in [0.2, 0.25) is 0 Å². The van der Waals surface area contributed by atoms with E-state index in [0.29, 0.717) is 11.5 Å². The van der Waals surface area contributed by atoms with Crippen LogP contribution in [0.3, 0.4) is 0 Å². The number of nitrogens with zero attached hydrogens (tertiary/aromatic N) is 1. The molecule has 2 aromatic rings. The first kappa shape index (κ1) is 20.7. The first-order chi connectivity index (χ1) is 13.6. The molecule has 0 radical (unpaired) electrons. The Morgan fingerprint density at radius 3 is 2.25 bits per heavy atom. The molecule has 0 saturated carbocycles. The fourth-order valence-electron chi connectivity index (χ4n) is 3.64. The van der Waals surface area contributed by atoms with Crippen LogP contribution in [0.4, 0.5) is 0 Å². The first-order valence-electron chi connectivity index (χ1n) is 9.37. The number of piperidine rings is 1. The number of carbonyl (C=O) groups excluding carboxylic acids is 1. The highest BCUT2D eigenvalue weighted by atomic mass is 79.9. The minimum atomic E-state index is 0.0819. The van der Waals surface area contributed by atoms with Gasteiger partial charge in [0.1, 0.15) is 5.75 Å². The number of Topliss-reactive ketones (excluding diaryl/α,β-unsaturated/α-hetero) is 1. The molecule has 1 heterocycles. The second-order valence-electron chi connectivity index (χ2n) is 6.92. The topological polar surface area (TPSA) is 48.0 Å². The third-order valence-electron chi connectivity index (χ3n) is 5.29. The van der Waals surface area contributed by atoms with E-state index in [1.165, 1.54) is 0 Å². The van der Waals surface area contributed by atoms with E-state index in [9.17, 15) is 4.79 Å². The fraction of sp³-hybridized carbons (Fsp3) is 0.409. The quantitative estimate of drug-likeness (QED) is 0.581. The maximum atomic E-state index is 12.8. The van der Waals surface area contributed by atoms with Crippen LogP contribution in [-0.4, -0.2) is 45.1 Å². The van der Waals surface area contributed by atoms with E-state index in [-0.39, 0.29) is 11.7 Å². The molecular weight excluding hydrogens is 422 g/mol. The Morgan fingerprint density at radius 2 is 1.68 bits per heavy atom. The second kappa shape index (κ2) is 9.43. The Balaban J connectivity index is 1.60. The number of ether oxygens (including phenoxy) is 3. The highest BCUT2D eigenvalue weighted by molar-refractivity contribution is 9.10.